The lowest BCUT2D eigenvalue weighted by molar-refractivity contribution is -0.161. The molecule has 310 valence electrons. The number of nitrogens with two attached hydrogens (primary N) is 1. The Labute approximate surface area is 326 Å². The van der Waals surface area contributed by atoms with Gasteiger partial charge >= 0.3 is 25.7 Å². The van der Waals surface area contributed by atoms with Crippen molar-refractivity contribution in [2.45, 2.75) is 167 Å². The average molecular weight is 782 g/mol. The zero-order chi connectivity index (χ0) is 40.0. The summed E-state index contributed by atoms with van der Waals surface area (Å²) in [6.45, 7) is 2.67. The van der Waals surface area contributed by atoms with Crippen LogP contribution in [0.5, 0.6) is 0 Å². The predicted molar refractivity (Wildman–Crippen MR) is 217 cm³/mol. The van der Waals surface area contributed by atoms with Gasteiger partial charge in [-0.1, -0.05) is 120 Å². The van der Waals surface area contributed by atoms with Crippen LogP contribution in [0.2, 0.25) is 0 Å². The molecule has 0 aromatic heterocycles. The highest BCUT2D eigenvalue weighted by Crippen LogP contribution is 2.43. The van der Waals surface area contributed by atoms with Crippen LogP contribution in [0.4, 0.5) is 0 Å². The van der Waals surface area contributed by atoms with Gasteiger partial charge in [-0.15, -0.1) is 0 Å². The molecule has 0 bridgehead atoms. The molecule has 0 aliphatic rings. The third kappa shape index (κ3) is 36.2. The summed E-state index contributed by atoms with van der Waals surface area (Å²) in [7, 11) is -4.73. The minimum absolute atomic E-state index is 0.107. The van der Waals surface area contributed by atoms with Crippen LogP contribution in [-0.4, -0.2) is 59.9 Å². The molecule has 0 aliphatic heterocycles. The van der Waals surface area contributed by atoms with Gasteiger partial charge in [-0.3, -0.25) is 23.4 Å². The summed E-state index contributed by atoms with van der Waals surface area (Å²) in [4.78, 5) is 45.8. The van der Waals surface area contributed by atoms with Crippen molar-refractivity contribution in [2.75, 3.05) is 19.8 Å². The van der Waals surface area contributed by atoms with Crippen LogP contribution in [0.1, 0.15) is 155 Å². The van der Waals surface area contributed by atoms with E-state index in [-0.39, 0.29) is 19.4 Å². The standard InChI is InChI=1S/C42H72NO10P/c1-3-5-7-9-11-13-15-17-19-21-23-25-27-29-31-33-40(44)50-35-38(36-51-54(48,49)52-37-39(43)42(46)47)53-41(45)34-32-30-28-26-24-22-20-18-16-14-12-10-8-6-4-2/h11-14,17-20,24,26,38-39H,3-10,15-16,21-23,25,27-37,43H2,1-2H3,(H,46,47)(H,48,49)/b13-11-,14-12-,19-17-,20-18-,26-24-/t38-,39+/m1/s1. The van der Waals surface area contributed by atoms with Gasteiger partial charge < -0.3 is 25.2 Å². The molecule has 1 unspecified atom stereocenters. The maximum atomic E-state index is 12.6. The molecule has 0 amide bonds. The highest BCUT2D eigenvalue weighted by Gasteiger charge is 2.28. The number of esters is 2. The lowest BCUT2D eigenvalue weighted by Gasteiger charge is -2.20. The molecule has 11 nitrogen and oxygen atoms in total. The van der Waals surface area contributed by atoms with Crippen molar-refractivity contribution in [1.29, 1.82) is 0 Å². The molecular formula is C42H72NO10P. The fraction of sp³-hybridized carbons (Fsp3) is 0.690. The van der Waals surface area contributed by atoms with E-state index in [2.05, 4.69) is 79.1 Å². The first-order valence-corrected chi connectivity index (χ1v) is 21.8. The van der Waals surface area contributed by atoms with Crippen LogP contribution in [0.25, 0.3) is 0 Å². The molecule has 3 atom stereocenters. The Morgan fingerprint density at radius 3 is 1.50 bits per heavy atom. The van der Waals surface area contributed by atoms with E-state index in [1.54, 1.807) is 0 Å². The number of ether oxygens (including phenoxy) is 2. The molecule has 0 fully saturated rings. The number of carbonyl (C=O) groups excluding carboxylic acids is 2. The van der Waals surface area contributed by atoms with E-state index < -0.39 is 51.1 Å². The fourth-order valence-electron chi connectivity index (χ4n) is 4.98. The molecule has 54 heavy (non-hydrogen) atoms. The van der Waals surface area contributed by atoms with Crippen LogP contribution >= 0.6 is 7.82 Å². The molecule has 0 spiro atoms. The van der Waals surface area contributed by atoms with Gasteiger partial charge in [-0.05, 0) is 83.5 Å². The van der Waals surface area contributed by atoms with Gasteiger partial charge in [0, 0.05) is 12.8 Å². The molecule has 0 radical (unpaired) electrons. The van der Waals surface area contributed by atoms with Gasteiger partial charge in [0.2, 0.25) is 0 Å². The molecule has 12 heteroatoms. The topological polar surface area (TPSA) is 172 Å². The molecule has 0 aliphatic carbocycles. The maximum absolute atomic E-state index is 12.6. The van der Waals surface area contributed by atoms with Crippen molar-refractivity contribution in [3.63, 3.8) is 0 Å². The number of aliphatic carboxylic acids is 1. The van der Waals surface area contributed by atoms with Crippen molar-refractivity contribution in [3.05, 3.63) is 60.8 Å². The number of unbranched alkanes of at least 4 members (excludes halogenated alkanes) is 13. The zero-order valence-electron chi connectivity index (χ0n) is 33.3. The first-order valence-electron chi connectivity index (χ1n) is 20.3. The predicted octanol–water partition coefficient (Wildman–Crippen LogP) is 10.4. The normalized spacial score (nSPS) is 14.4. The van der Waals surface area contributed by atoms with Gasteiger partial charge in [-0.25, -0.2) is 4.57 Å². The van der Waals surface area contributed by atoms with E-state index in [1.807, 2.05) is 0 Å². The van der Waals surface area contributed by atoms with E-state index in [4.69, 9.17) is 24.8 Å². The quantitative estimate of drug-likeness (QED) is 0.0237. The molecule has 0 aromatic rings. The summed E-state index contributed by atoms with van der Waals surface area (Å²) in [5.41, 5.74) is 5.32. The first-order chi connectivity index (χ1) is 26.1. The number of carboxylic acid groups (broad SMARTS) is 1. The number of allylic oxidation sites excluding steroid dienone is 10. The largest absolute Gasteiger partial charge is 0.480 e. The van der Waals surface area contributed by atoms with Crippen molar-refractivity contribution < 1.29 is 47.5 Å². The molecular weight excluding hydrogens is 709 g/mol. The Bertz CT molecular complexity index is 1150. The highest BCUT2D eigenvalue weighted by atomic mass is 31.2. The number of phosphoric acid groups is 1. The minimum atomic E-state index is -4.73. The Morgan fingerprint density at radius 1 is 0.574 bits per heavy atom. The van der Waals surface area contributed by atoms with Gasteiger partial charge in [-0.2, -0.15) is 0 Å². The SMILES string of the molecule is CCCCC/C=C\C/C=C\C/C=C\CCCCC(=O)O[C@H](COC(=O)CCCCCCC/C=C\C/C=C\CCCCC)COP(=O)(O)OC[C@H](N)C(=O)O. The second-order valence-corrected chi connectivity index (χ2v) is 14.9. The van der Waals surface area contributed by atoms with Crippen molar-refractivity contribution in [3.8, 4) is 0 Å². The second kappa shape index (κ2) is 37.1. The Balaban J connectivity index is 4.52. The average Bonchev–Trinajstić information content (AvgIpc) is 3.14. The molecule has 4 N–H and O–H groups in total. The number of carbonyl (C=O) groups is 3. The Morgan fingerprint density at radius 2 is 0.981 bits per heavy atom. The van der Waals surface area contributed by atoms with E-state index in [1.165, 1.54) is 38.5 Å². The number of hydrogen-bond donors (Lipinski definition) is 3. The number of phosphoric ester groups is 1. The summed E-state index contributed by atoms with van der Waals surface area (Å²) in [5, 5.41) is 8.87. The fourth-order valence-corrected chi connectivity index (χ4v) is 5.76. The van der Waals surface area contributed by atoms with Crippen molar-refractivity contribution in [2.24, 2.45) is 5.73 Å². The summed E-state index contributed by atoms with van der Waals surface area (Å²) >= 11 is 0. The van der Waals surface area contributed by atoms with Crippen LogP contribution in [0.15, 0.2) is 60.8 Å². The number of carboxylic acids is 1. The summed E-state index contributed by atoms with van der Waals surface area (Å²) < 4.78 is 32.6. The van der Waals surface area contributed by atoms with Crippen molar-refractivity contribution >= 4 is 25.7 Å². The van der Waals surface area contributed by atoms with Crippen LogP contribution in [-0.2, 0) is 37.5 Å². The molecule has 0 saturated heterocycles. The maximum Gasteiger partial charge on any atom is 0.472 e. The van der Waals surface area contributed by atoms with Gasteiger partial charge in [0.25, 0.3) is 0 Å². The molecule has 0 saturated carbocycles. The van der Waals surface area contributed by atoms with Crippen LogP contribution in [0, 0.1) is 0 Å². The minimum Gasteiger partial charge on any atom is -0.480 e. The first kappa shape index (κ1) is 51.2. The number of hydrogen-bond acceptors (Lipinski definition) is 9. The third-order valence-corrected chi connectivity index (χ3v) is 9.19. The smallest absolute Gasteiger partial charge is 0.472 e. The summed E-state index contributed by atoms with van der Waals surface area (Å²) in [6.07, 6.45) is 41.4. The summed E-state index contributed by atoms with van der Waals surface area (Å²) in [6, 6.07) is -1.53. The molecule has 0 heterocycles. The lowest BCUT2D eigenvalue weighted by atomic mass is 10.1. The van der Waals surface area contributed by atoms with E-state index in [0.717, 1.165) is 77.0 Å². The molecule has 0 aromatic carbocycles. The van der Waals surface area contributed by atoms with E-state index in [0.29, 0.717) is 12.8 Å². The van der Waals surface area contributed by atoms with Gasteiger partial charge in [0.05, 0.1) is 13.2 Å². The van der Waals surface area contributed by atoms with Crippen LogP contribution in [0.3, 0.4) is 0 Å². The number of rotatable bonds is 37. The third-order valence-electron chi connectivity index (χ3n) is 8.24. The van der Waals surface area contributed by atoms with E-state index in [9.17, 15) is 23.8 Å². The molecule has 0 rings (SSSR count). The zero-order valence-corrected chi connectivity index (χ0v) is 34.2. The second-order valence-electron chi connectivity index (χ2n) is 13.4. The monoisotopic (exact) mass is 781 g/mol. The van der Waals surface area contributed by atoms with Crippen LogP contribution < -0.4 is 5.73 Å². The van der Waals surface area contributed by atoms with Gasteiger partial charge in [0.1, 0.15) is 12.6 Å². The lowest BCUT2D eigenvalue weighted by Crippen LogP contribution is -2.34. The highest BCUT2D eigenvalue weighted by molar-refractivity contribution is 7.47. The van der Waals surface area contributed by atoms with Crippen molar-refractivity contribution in [1.82, 2.24) is 0 Å². The summed E-state index contributed by atoms with van der Waals surface area (Å²) in [5.74, 6) is -2.45. The Hall–Kier alpha value is -2.82. The Kier molecular flexibility index (Phi) is 35.2. The van der Waals surface area contributed by atoms with E-state index >= 15 is 0 Å². The van der Waals surface area contributed by atoms with Gasteiger partial charge in [0.15, 0.2) is 6.10 Å².